The van der Waals surface area contributed by atoms with E-state index in [-0.39, 0.29) is 16.8 Å². The minimum absolute atomic E-state index is 0.00522. The topological polar surface area (TPSA) is 142 Å². The van der Waals surface area contributed by atoms with E-state index in [9.17, 15) is 27.9 Å². The van der Waals surface area contributed by atoms with Gasteiger partial charge in [-0.2, -0.15) is 4.72 Å². The number of carbonyl (C=O) groups excluding carboxylic acids is 2. The number of ether oxygens (including phenoxy) is 1. The van der Waals surface area contributed by atoms with Crippen LogP contribution in [0.2, 0.25) is 0 Å². The molecule has 0 unspecified atom stereocenters. The molecule has 0 bridgehead atoms. The molecule has 218 valence electrons. The first-order valence-electron chi connectivity index (χ1n) is 12.9. The minimum Gasteiger partial charge on any atom is -0.480 e. The number of piperidine rings is 1. The Hall–Kier alpha value is -2.52. The Morgan fingerprint density at radius 3 is 2.50 bits per heavy atom. The van der Waals surface area contributed by atoms with Crippen LogP contribution in [-0.2, 0) is 26.0 Å². The summed E-state index contributed by atoms with van der Waals surface area (Å²) in [7, 11) is -4.00. The van der Waals surface area contributed by atoms with E-state index in [2.05, 4.69) is 16.1 Å². The number of nitrogens with zero attached hydrogens (tertiary/aromatic N) is 1. The van der Waals surface area contributed by atoms with Gasteiger partial charge in [-0.15, -0.1) is 34.0 Å². The van der Waals surface area contributed by atoms with E-state index in [4.69, 9.17) is 4.74 Å². The maximum Gasteiger partial charge on any atom is 0.410 e. The SMILES string of the molecule is CC(C)(C)OC(=O)N1CCC(CCc2cc3cc(C(=O)NC[C@H](NS(=O)(=O)c4cccs4)C(=O)O)sc3s2)CC1. The number of rotatable bonds is 10. The van der Waals surface area contributed by atoms with Gasteiger partial charge in [0.25, 0.3) is 15.9 Å². The van der Waals surface area contributed by atoms with Crippen LogP contribution in [0.15, 0.2) is 33.9 Å². The second-order valence-electron chi connectivity index (χ2n) is 10.7. The van der Waals surface area contributed by atoms with Crippen molar-refractivity contribution < 1.29 is 32.6 Å². The molecule has 4 heterocycles. The van der Waals surface area contributed by atoms with E-state index >= 15 is 0 Å². The van der Waals surface area contributed by atoms with E-state index in [1.54, 1.807) is 33.7 Å². The van der Waals surface area contributed by atoms with Gasteiger partial charge >= 0.3 is 12.1 Å². The highest BCUT2D eigenvalue weighted by atomic mass is 32.2. The highest BCUT2D eigenvalue weighted by Gasteiger charge is 2.28. The summed E-state index contributed by atoms with van der Waals surface area (Å²) in [4.78, 5) is 40.0. The second kappa shape index (κ2) is 12.6. The van der Waals surface area contributed by atoms with Gasteiger partial charge < -0.3 is 20.1 Å². The lowest BCUT2D eigenvalue weighted by atomic mass is 9.92. The molecule has 0 saturated carbocycles. The summed E-state index contributed by atoms with van der Waals surface area (Å²) in [5, 5.41) is 14.5. The lowest BCUT2D eigenvalue weighted by Gasteiger charge is -2.33. The number of aryl methyl sites for hydroxylation is 1. The van der Waals surface area contributed by atoms with Crippen molar-refractivity contribution in [3.05, 3.63) is 39.4 Å². The molecular formula is C26H33N3O7S4. The molecule has 0 aliphatic carbocycles. The van der Waals surface area contributed by atoms with Gasteiger partial charge in [-0.3, -0.25) is 9.59 Å². The maximum atomic E-state index is 12.7. The van der Waals surface area contributed by atoms with Crippen LogP contribution in [0.5, 0.6) is 0 Å². The number of carbonyl (C=O) groups is 3. The van der Waals surface area contributed by atoms with Crippen molar-refractivity contribution in [1.82, 2.24) is 14.9 Å². The first kappa shape index (κ1) is 30.4. The molecule has 3 aromatic heterocycles. The number of nitrogens with one attached hydrogen (secondary N) is 2. The largest absolute Gasteiger partial charge is 0.480 e. The van der Waals surface area contributed by atoms with Crippen molar-refractivity contribution in [2.24, 2.45) is 5.92 Å². The number of thiophene rings is 3. The molecule has 1 aliphatic rings. The quantitative estimate of drug-likeness (QED) is 0.294. The number of sulfonamides is 1. The van der Waals surface area contributed by atoms with Gasteiger partial charge in [0.1, 0.15) is 15.9 Å². The molecular weight excluding hydrogens is 595 g/mol. The molecule has 10 nitrogen and oxygen atoms in total. The van der Waals surface area contributed by atoms with E-state index in [1.807, 2.05) is 20.8 Å². The van der Waals surface area contributed by atoms with E-state index in [1.165, 1.54) is 22.3 Å². The molecule has 0 radical (unpaired) electrons. The number of carboxylic acids is 1. The van der Waals surface area contributed by atoms with Crippen molar-refractivity contribution >= 4 is 71.4 Å². The molecule has 3 N–H and O–H groups in total. The average Bonchev–Trinajstić information content (AvgIpc) is 3.61. The molecule has 1 aliphatic heterocycles. The Balaban J connectivity index is 1.26. The smallest absolute Gasteiger partial charge is 0.410 e. The van der Waals surface area contributed by atoms with E-state index in [0.717, 1.165) is 46.4 Å². The van der Waals surface area contributed by atoms with Crippen LogP contribution in [0.1, 0.15) is 54.6 Å². The molecule has 40 heavy (non-hydrogen) atoms. The first-order valence-corrected chi connectivity index (χ1v) is 16.9. The molecule has 3 aromatic rings. The molecule has 2 amide bonds. The zero-order valence-electron chi connectivity index (χ0n) is 22.5. The third-order valence-electron chi connectivity index (χ3n) is 6.38. The van der Waals surface area contributed by atoms with Gasteiger partial charge in [-0.1, -0.05) is 6.07 Å². The molecule has 1 atom stereocenters. The standard InChI is InChI=1S/C26H33N3O7S4/c1-26(2,3)36-25(33)29-10-8-16(9-11-29)6-7-18-13-17-14-20(39-24(17)38-18)22(30)27-15-19(23(31)32)28-40(34,35)21-5-4-12-37-21/h4-5,12-14,16,19,28H,6-11,15H2,1-3H3,(H,27,30)(H,31,32)/t19-/m0/s1. The summed E-state index contributed by atoms with van der Waals surface area (Å²) < 4.78 is 33.4. The number of carboxylic acid groups (broad SMARTS) is 1. The predicted octanol–water partition coefficient (Wildman–Crippen LogP) is 4.77. The number of likely N-dealkylation sites (tertiary alicyclic amines) is 1. The second-order valence-corrected chi connectivity index (χ2v) is 16.0. The average molecular weight is 628 g/mol. The number of hydrogen-bond acceptors (Lipinski definition) is 9. The van der Waals surface area contributed by atoms with Crippen LogP contribution < -0.4 is 10.0 Å². The molecule has 1 saturated heterocycles. The van der Waals surface area contributed by atoms with E-state index in [0.29, 0.717) is 23.9 Å². The number of amides is 2. The van der Waals surface area contributed by atoms with Crippen molar-refractivity contribution in [2.45, 2.75) is 62.3 Å². The zero-order chi connectivity index (χ0) is 29.1. The summed E-state index contributed by atoms with van der Waals surface area (Å²) in [5.74, 6) is -1.29. The molecule has 14 heteroatoms. The highest BCUT2D eigenvalue weighted by Crippen LogP contribution is 2.35. The fourth-order valence-electron chi connectivity index (χ4n) is 4.33. The van der Waals surface area contributed by atoms with Crippen LogP contribution in [0.3, 0.4) is 0 Å². The van der Waals surface area contributed by atoms with Gasteiger partial charge in [-0.25, -0.2) is 13.2 Å². The highest BCUT2D eigenvalue weighted by molar-refractivity contribution is 7.91. The third-order valence-corrected chi connectivity index (χ3v) is 11.7. The Kier molecular flexibility index (Phi) is 9.55. The fourth-order valence-corrected chi connectivity index (χ4v) is 8.95. The predicted molar refractivity (Wildman–Crippen MR) is 157 cm³/mol. The summed E-state index contributed by atoms with van der Waals surface area (Å²) in [6.45, 7) is 6.63. The lowest BCUT2D eigenvalue weighted by molar-refractivity contribution is -0.138. The number of aliphatic carboxylic acids is 1. The van der Waals surface area contributed by atoms with Crippen molar-refractivity contribution in [2.75, 3.05) is 19.6 Å². The van der Waals surface area contributed by atoms with Crippen molar-refractivity contribution in [3.8, 4) is 0 Å². The van der Waals surface area contributed by atoms with Crippen molar-refractivity contribution in [1.29, 1.82) is 0 Å². The van der Waals surface area contributed by atoms with Gasteiger partial charge in [0.05, 0.1) is 8.89 Å². The lowest BCUT2D eigenvalue weighted by Crippen LogP contribution is -2.48. The summed E-state index contributed by atoms with van der Waals surface area (Å²) in [6.07, 6.45) is 3.60. The Bertz CT molecular complexity index is 1420. The van der Waals surface area contributed by atoms with Gasteiger partial charge in [0.15, 0.2) is 0 Å². The third kappa shape index (κ3) is 8.03. The molecule has 4 rings (SSSR count). The van der Waals surface area contributed by atoms with Gasteiger partial charge in [0, 0.05) is 29.9 Å². The van der Waals surface area contributed by atoms with Gasteiger partial charge in [-0.05, 0) is 76.0 Å². The van der Waals surface area contributed by atoms with Crippen LogP contribution in [-0.4, -0.2) is 67.7 Å². The van der Waals surface area contributed by atoms with E-state index < -0.39 is 33.5 Å². The van der Waals surface area contributed by atoms with Crippen LogP contribution in [0.25, 0.3) is 9.40 Å². The number of fused-ring (bicyclic) bond motifs is 1. The van der Waals surface area contributed by atoms with Gasteiger partial charge in [0.2, 0.25) is 0 Å². The monoisotopic (exact) mass is 627 g/mol. The first-order chi connectivity index (χ1) is 18.8. The molecule has 1 fully saturated rings. The van der Waals surface area contributed by atoms with Crippen LogP contribution >= 0.6 is 34.0 Å². The summed E-state index contributed by atoms with van der Waals surface area (Å²) >= 11 is 3.95. The zero-order valence-corrected chi connectivity index (χ0v) is 25.7. The Morgan fingerprint density at radius 1 is 1.18 bits per heavy atom. The fraction of sp³-hybridized carbons (Fsp3) is 0.500. The summed E-state index contributed by atoms with van der Waals surface area (Å²) in [6, 6.07) is 5.30. The number of hydrogen-bond donors (Lipinski definition) is 3. The molecule has 0 spiro atoms. The Morgan fingerprint density at radius 2 is 1.90 bits per heavy atom. The maximum absolute atomic E-state index is 12.7. The molecule has 0 aromatic carbocycles. The normalized spacial score (nSPS) is 15.7. The van der Waals surface area contributed by atoms with Crippen LogP contribution in [0.4, 0.5) is 4.79 Å². The van der Waals surface area contributed by atoms with Crippen molar-refractivity contribution in [3.63, 3.8) is 0 Å². The van der Waals surface area contributed by atoms with Crippen LogP contribution in [0, 0.1) is 5.92 Å². The minimum atomic E-state index is -4.00. The summed E-state index contributed by atoms with van der Waals surface area (Å²) in [5.41, 5.74) is -0.494. The Labute approximate surface area is 245 Å².